The molecule has 0 radical (unpaired) electrons. The van der Waals surface area contributed by atoms with E-state index in [1.54, 1.807) is 0 Å². The molecule has 0 spiro atoms. The van der Waals surface area contributed by atoms with Crippen molar-refractivity contribution in [3.8, 4) is 0 Å². The monoisotopic (exact) mass is 332 g/mol. The fourth-order valence-electron chi connectivity index (χ4n) is 1.96. The van der Waals surface area contributed by atoms with E-state index in [4.69, 9.17) is 0 Å². The predicted molar refractivity (Wildman–Crippen MR) is 87.0 cm³/mol. The number of carbonyl (C=O) groups is 1. The Balaban J connectivity index is 2.15. The van der Waals surface area contributed by atoms with Crippen LogP contribution in [0.2, 0.25) is 0 Å². The Labute approximate surface area is 127 Å². The molecule has 0 bridgehead atoms. The smallest absolute Gasteiger partial charge is 0.221 e. The van der Waals surface area contributed by atoms with E-state index in [1.807, 2.05) is 36.4 Å². The number of hydrogen-bond acceptors (Lipinski definition) is 2. The molecule has 0 aliphatic heterocycles. The number of carbonyl (C=O) groups excluding carboxylic acids is 1. The van der Waals surface area contributed by atoms with Gasteiger partial charge in [-0.15, -0.1) is 0 Å². The van der Waals surface area contributed by atoms with Crippen molar-refractivity contribution < 1.29 is 4.79 Å². The van der Waals surface area contributed by atoms with Crippen molar-refractivity contribution in [3.05, 3.63) is 58.1 Å². The summed E-state index contributed by atoms with van der Waals surface area (Å²) in [6, 6.07) is 13.9. The first-order valence-electron chi connectivity index (χ1n) is 6.42. The topological polar surface area (TPSA) is 41.1 Å². The lowest BCUT2D eigenvalue weighted by Crippen LogP contribution is -2.10. The van der Waals surface area contributed by atoms with Crippen molar-refractivity contribution >= 4 is 33.2 Å². The van der Waals surface area contributed by atoms with Gasteiger partial charge in [0.25, 0.3) is 0 Å². The van der Waals surface area contributed by atoms with Gasteiger partial charge in [-0.3, -0.25) is 4.79 Å². The first-order chi connectivity index (χ1) is 9.58. The van der Waals surface area contributed by atoms with Crippen molar-refractivity contribution in [2.45, 2.75) is 20.4 Å². The lowest BCUT2D eigenvalue weighted by molar-refractivity contribution is -0.114. The van der Waals surface area contributed by atoms with E-state index in [2.05, 4.69) is 39.6 Å². The van der Waals surface area contributed by atoms with Crippen LogP contribution in [0, 0.1) is 6.92 Å². The van der Waals surface area contributed by atoms with Crippen LogP contribution in [-0.2, 0) is 11.3 Å². The molecule has 0 aliphatic rings. The fourth-order valence-corrected chi connectivity index (χ4v) is 2.36. The van der Waals surface area contributed by atoms with Gasteiger partial charge in [-0.1, -0.05) is 30.3 Å². The Hall–Kier alpha value is -1.81. The van der Waals surface area contributed by atoms with E-state index in [0.717, 1.165) is 21.4 Å². The number of nitrogens with one attached hydrogen (secondary N) is 2. The third-order valence-corrected chi connectivity index (χ3v) is 4.04. The average Bonchev–Trinajstić information content (AvgIpc) is 2.41. The van der Waals surface area contributed by atoms with Crippen LogP contribution in [0.1, 0.15) is 18.1 Å². The average molecular weight is 333 g/mol. The minimum Gasteiger partial charge on any atom is -0.380 e. The Kier molecular flexibility index (Phi) is 4.79. The molecule has 0 aliphatic carbocycles. The SMILES string of the molecule is CC(=O)Nc1ccccc1CNc1cccc(C)c1Br. The number of amides is 1. The van der Waals surface area contributed by atoms with Gasteiger partial charge < -0.3 is 10.6 Å². The fraction of sp³-hybridized carbons (Fsp3) is 0.188. The van der Waals surface area contributed by atoms with Gasteiger partial charge in [0.2, 0.25) is 5.91 Å². The largest absolute Gasteiger partial charge is 0.380 e. The van der Waals surface area contributed by atoms with Crippen LogP contribution in [0.3, 0.4) is 0 Å². The van der Waals surface area contributed by atoms with E-state index >= 15 is 0 Å². The highest BCUT2D eigenvalue weighted by Crippen LogP contribution is 2.26. The second kappa shape index (κ2) is 6.57. The van der Waals surface area contributed by atoms with Crippen molar-refractivity contribution in [1.82, 2.24) is 0 Å². The summed E-state index contributed by atoms with van der Waals surface area (Å²) in [6.07, 6.45) is 0. The molecule has 1 amide bonds. The number of anilines is 2. The number of rotatable bonds is 4. The predicted octanol–water partition coefficient (Wildman–Crippen LogP) is 4.33. The van der Waals surface area contributed by atoms with Gasteiger partial charge in [-0.25, -0.2) is 0 Å². The third kappa shape index (κ3) is 3.61. The standard InChI is InChI=1S/C16H17BrN2O/c1-11-6-5-9-15(16(11)17)18-10-13-7-3-4-8-14(13)19-12(2)20/h3-9,18H,10H2,1-2H3,(H,19,20). The van der Waals surface area contributed by atoms with Crippen LogP contribution in [-0.4, -0.2) is 5.91 Å². The molecule has 2 aromatic rings. The molecule has 2 rings (SSSR count). The summed E-state index contributed by atoms with van der Waals surface area (Å²) in [6.45, 7) is 4.22. The molecule has 0 fully saturated rings. The number of aryl methyl sites for hydroxylation is 1. The van der Waals surface area contributed by atoms with Gasteiger partial charge in [0.1, 0.15) is 0 Å². The first kappa shape index (κ1) is 14.6. The summed E-state index contributed by atoms with van der Waals surface area (Å²) in [5.74, 6) is -0.0609. The number of halogens is 1. The summed E-state index contributed by atoms with van der Waals surface area (Å²) in [7, 11) is 0. The van der Waals surface area contributed by atoms with Crippen LogP contribution in [0.5, 0.6) is 0 Å². The van der Waals surface area contributed by atoms with Crippen molar-refractivity contribution in [2.75, 3.05) is 10.6 Å². The highest BCUT2D eigenvalue weighted by Gasteiger charge is 2.05. The molecule has 0 saturated heterocycles. The highest BCUT2D eigenvalue weighted by atomic mass is 79.9. The van der Waals surface area contributed by atoms with E-state index in [-0.39, 0.29) is 5.91 Å². The zero-order valence-corrected chi connectivity index (χ0v) is 13.1. The molecular formula is C16H17BrN2O. The molecule has 4 heteroatoms. The number of benzene rings is 2. The van der Waals surface area contributed by atoms with Crippen LogP contribution in [0.15, 0.2) is 46.9 Å². The Morgan fingerprint density at radius 1 is 1.10 bits per heavy atom. The maximum Gasteiger partial charge on any atom is 0.221 e. The molecule has 0 saturated carbocycles. The lowest BCUT2D eigenvalue weighted by Gasteiger charge is -2.13. The molecule has 0 heterocycles. The molecule has 2 aromatic carbocycles. The van der Waals surface area contributed by atoms with Gasteiger partial charge in [0.05, 0.1) is 0 Å². The van der Waals surface area contributed by atoms with Crippen LogP contribution < -0.4 is 10.6 Å². The van der Waals surface area contributed by atoms with E-state index in [1.165, 1.54) is 12.5 Å². The maximum atomic E-state index is 11.2. The first-order valence-corrected chi connectivity index (χ1v) is 7.21. The van der Waals surface area contributed by atoms with Crippen molar-refractivity contribution in [1.29, 1.82) is 0 Å². The van der Waals surface area contributed by atoms with Gasteiger partial charge in [0, 0.05) is 29.3 Å². The van der Waals surface area contributed by atoms with E-state index in [9.17, 15) is 4.79 Å². The molecule has 20 heavy (non-hydrogen) atoms. The molecule has 104 valence electrons. The van der Waals surface area contributed by atoms with Gasteiger partial charge in [-0.2, -0.15) is 0 Å². The minimum atomic E-state index is -0.0609. The molecule has 3 nitrogen and oxygen atoms in total. The minimum absolute atomic E-state index is 0.0609. The second-order valence-corrected chi connectivity index (χ2v) is 5.42. The van der Waals surface area contributed by atoms with E-state index in [0.29, 0.717) is 6.54 Å². The summed E-state index contributed by atoms with van der Waals surface area (Å²) in [5, 5.41) is 6.23. The Morgan fingerprint density at radius 2 is 1.80 bits per heavy atom. The zero-order chi connectivity index (χ0) is 14.5. The summed E-state index contributed by atoms with van der Waals surface area (Å²) in [4.78, 5) is 11.2. The highest BCUT2D eigenvalue weighted by molar-refractivity contribution is 9.10. The van der Waals surface area contributed by atoms with Crippen LogP contribution >= 0.6 is 15.9 Å². The van der Waals surface area contributed by atoms with Crippen molar-refractivity contribution in [2.24, 2.45) is 0 Å². The molecule has 2 N–H and O–H groups in total. The van der Waals surface area contributed by atoms with Crippen molar-refractivity contribution in [3.63, 3.8) is 0 Å². The van der Waals surface area contributed by atoms with E-state index < -0.39 is 0 Å². The molecule has 0 unspecified atom stereocenters. The molecular weight excluding hydrogens is 316 g/mol. The molecule has 0 atom stereocenters. The Bertz CT molecular complexity index is 626. The van der Waals surface area contributed by atoms with Crippen LogP contribution in [0.25, 0.3) is 0 Å². The zero-order valence-electron chi connectivity index (χ0n) is 11.5. The quantitative estimate of drug-likeness (QED) is 0.874. The third-order valence-electron chi connectivity index (χ3n) is 2.99. The lowest BCUT2D eigenvalue weighted by atomic mass is 10.1. The molecule has 0 aromatic heterocycles. The summed E-state index contributed by atoms with van der Waals surface area (Å²) < 4.78 is 1.07. The van der Waals surface area contributed by atoms with Gasteiger partial charge >= 0.3 is 0 Å². The summed E-state index contributed by atoms with van der Waals surface area (Å²) in [5.41, 5.74) is 4.13. The summed E-state index contributed by atoms with van der Waals surface area (Å²) >= 11 is 3.58. The van der Waals surface area contributed by atoms with Crippen LogP contribution in [0.4, 0.5) is 11.4 Å². The number of hydrogen-bond donors (Lipinski definition) is 2. The maximum absolute atomic E-state index is 11.2. The second-order valence-electron chi connectivity index (χ2n) is 4.63. The van der Waals surface area contributed by atoms with Gasteiger partial charge in [-0.05, 0) is 46.1 Å². The number of para-hydroxylation sites is 1. The van der Waals surface area contributed by atoms with Gasteiger partial charge in [0.15, 0.2) is 0 Å². The Morgan fingerprint density at radius 3 is 2.55 bits per heavy atom. The normalized spacial score (nSPS) is 10.2.